The highest BCUT2D eigenvalue weighted by atomic mass is 32.2. The number of nitrogens with zero attached hydrogens (tertiary/aromatic N) is 1. The molecule has 34 heavy (non-hydrogen) atoms. The first-order valence-corrected chi connectivity index (χ1v) is 12.1. The van der Waals surface area contributed by atoms with E-state index in [1.54, 1.807) is 25.1 Å². The molecule has 0 aliphatic heterocycles. The molecular weight excluding hydrogens is 462 g/mol. The molecule has 1 amide bonds. The second-order valence-electron chi connectivity index (χ2n) is 7.95. The molecule has 0 saturated carbocycles. The molecule has 1 heterocycles. The number of sulfonamides is 1. The summed E-state index contributed by atoms with van der Waals surface area (Å²) in [6.07, 6.45) is 1.05. The number of aryl methyl sites for hydroxylation is 1. The number of hydrogen-bond donors (Lipinski definition) is 1. The second kappa shape index (κ2) is 8.57. The van der Waals surface area contributed by atoms with Gasteiger partial charge in [-0.25, -0.2) is 17.2 Å². The SMILES string of the molecule is CNC(=O)c1c(-c2ccc(F)cc2)oc2cc(N(C)S(C)(=O)=O)c(-c3ccc(C)c(F)c3)cc12. The standard InChI is InChI=1S/C25H22F2N2O4S/c1-14-5-6-16(11-20(14)27)18-12-19-22(13-21(18)29(3)34(4,31)32)33-24(23(19)25(30)28-2)15-7-9-17(26)10-8-15/h5-13H,1-4H3,(H,28,30). The topological polar surface area (TPSA) is 79.6 Å². The molecule has 0 spiro atoms. The summed E-state index contributed by atoms with van der Waals surface area (Å²) in [7, 11) is -0.825. The van der Waals surface area contributed by atoms with Gasteiger partial charge in [0.2, 0.25) is 10.0 Å². The quantitative estimate of drug-likeness (QED) is 0.427. The Morgan fingerprint density at radius 2 is 1.65 bits per heavy atom. The Balaban J connectivity index is 2.09. The van der Waals surface area contributed by atoms with Gasteiger partial charge in [0.1, 0.15) is 23.0 Å². The van der Waals surface area contributed by atoms with E-state index in [1.807, 2.05) is 0 Å². The van der Waals surface area contributed by atoms with E-state index >= 15 is 0 Å². The summed E-state index contributed by atoms with van der Waals surface area (Å²) < 4.78 is 59.7. The van der Waals surface area contributed by atoms with Gasteiger partial charge >= 0.3 is 0 Å². The summed E-state index contributed by atoms with van der Waals surface area (Å²) in [5, 5.41) is 2.98. The number of amides is 1. The second-order valence-corrected chi connectivity index (χ2v) is 9.97. The van der Waals surface area contributed by atoms with Crippen LogP contribution in [-0.4, -0.2) is 34.7 Å². The molecule has 0 aliphatic carbocycles. The predicted octanol–water partition coefficient (Wildman–Crippen LogP) is 5.11. The van der Waals surface area contributed by atoms with Crippen LogP contribution in [0.4, 0.5) is 14.5 Å². The lowest BCUT2D eigenvalue weighted by Gasteiger charge is -2.21. The van der Waals surface area contributed by atoms with Crippen LogP contribution in [0.15, 0.2) is 59.0 Å². The monoisotopic (exact) mass is 484 g/mol. The van der Waals surface area contributed by atoms with E-state index in [2.05, 4.69) is 5.32 Å². The van der Waals surface area contributed by atoms with Crippen LogP contribution in [0.5, 0.6) is 0 Å². The molecule has 0 unspecified atom stereocenters. The van der Waals surface area contributed by atoms with Crippen molar-refractivity contribution in [3.63, 3.8) is 0 Å². The highest BCUT2D eigenvalue weighted by molar-refractivity contribution is 7.92. The summed E-state index contributed by atoms with van der Waals surface area (Å²) in [6.45, 7) is 1.63. The lowest BCUT2D eigenvalue weighted by atomic mass is 9.97. The van der Waals surface area contributed by atoms with Gasteiger partial charge < -0.3 is 9.73 Å². The number of nitrogens with one attached hydrogen (secondary N) is 1. The Hall–Kier alpha value is -3.72. The molecule has 0 fully saturated rings. The molecule has 1 aromatic heterocycles. The number of hydrogen-bond acceptors (Lipinski definition) is 4. The minimum Gasteiger partial charge on any atom is -0.455 e. The maximum atomic E-state index is 14.4. The molecule has 0 bridgehead atoms. The van der Waals surface area contributed by atoms with E-state index < -0.39 is 27.6 Å². The van der Waals surface area contributed by atoms with Crippen LogP contribution in [0, 0.1) is 18.6 Å². The van der Waals surface area contributed by atoms with E-state index in [9.17, 15) is 22.0 Å². The Kier molecular flexibility index (Phi) is 5.91. The van der Waals surface area contributed by atoms with Crippen molar-refractivity contribution in [2.75, 3.05) is 24.7 Å². The summed E-state index contributed by atoms with van der Waals surface area (Å²) in [5.74, 6) is -1.13. The maximum absolute atomic E-state index is 14.4. The third-order valence-corrected chi connectivity index (χ3v) is 6.88. The third-order valence-electron chi connectivity index (χ3n) is 5.69. The number of anilines is 1. The van der Waals surface area contributed by atoms with Crippen LogP contribution in [-0.2, 0) is 10.0 Å². The van der Waals surface area contributed by atoms with Gasteiger partial charge in [-0.15, -0.1) is 0 Å². The van der Waals surface area contributed by atoms with Crippen molar-refractivity contribution in [3.8, 4) is 22.5 Å². The van der Waals surface area contributed by atoms with Crippen molar-refractivity contribution in [2.45, 2.75) is 6.92 Å². The molecule has 3 aromatic carbocycles. The number of halogens is 2. The van der Waals surface area contributed by atoms with E-state index in [-0.39, 0.29) is 22.6 Å². The molecule has 4 rings (SSSR count). The Morgan fingerprint density at radius 3 is 2.24 bits per heavy atom. The molecule has 9 heteroatoms. The van der Waals surface area contributed by atoms with Gasteiger partial charge in [0, 0.05) is 36.7 Å². The van der Waals surface area contributed by atoms with Gasteiger partial charge in [-0.05, 0) is 54.4 Å². The smallest absolute Gasteiger partial charge is 0.255 e. The van der Waals surface area contributed by atoms with Crippen molar-refractivity contribution < 1.29 is 26.4 Å². The van der Waals surface area contributed by atoms with E-state index in [0.29, 0.717) is 27.6 Å². The zero-order valence-electron chi connectivity index (χ0n) is 18.9. The van der Waals surface area contributed by atoms with Crippen LogP contribution in [0.25, 0.3) is 33.4 Å². The minimum atomic E-state index is -3.68. The van der Waals surface area contributed by atoms with E-state index in [4.69, 9.17) is 4.42 Å². The van der Waals surface area contributed by atoms with Crippen LogP contribution in [0.2, 0.25) is 0 Å². The number of carbonyl (C=O) groups is 1. The maximum Gasteiger partial charge on any atom is 0.255 e. The predicted molar refractivity (Wildman–Crippen MR) is 128 cm³/mol. The van der Waals surface area contributed by atoms with Gasteiger partial charge in [-0.1, -0.05) is 12.1 Å². The number of rotatable bonds is 5. The van der Waals surface area contributed by atoms with E-state index in [1.165, 1.54) is 50.5 Å². The molecule has 4 aromatic rings. The summed E-state index contributed by atoms with van der Waals surface area (Å²) in [4.78, 5) is 12.9. The van der Waals surface area contributed by atoms with Crippen molar-refractivity contribution in [3.05, 3.63) is 77.4 Å². The minimum absolute atomic E-state index is 0.200. The van der Waals surface area contributed by atoms with Crippen molar-refractivity contribution in [1.29, 1.82) is 0 Å². The van der Waals surface area contributed by atoms with Gasteiger partial charge in [0.15, 0.2) is 0 Å². The highest BCUT2D eigenvalue weighted by Gasteiger charge is 2.26. The molecule has 0 saturated heterocycles. The van der Waals surface area contributed by atoms with Gasteiger partial charge in [-0.2, -0.15) is 0 Å². The highest BCUT2D eigenvalue weighted by Crippen LogP contribution is 2.41. The fourth-order valence-electron chi connectivity index (χ4n) is 3.72. The van der Waals surface area contributed by atoms with Crippen LogP contribution < -0.4 is 9.62 Å². The number of fused-ring (bicyclic) bond motifs is 1. The fraction of sp³-hybridized carbons (Fsp3) is 0.160. The van der Waals surface area contributed by atoms with Crippen molar-refractivity contribution >= 4 is 32.6 Å². The Bertz CT molecular complexity index is 1530. The third kappa shape index (κ3) is 4.14. The Labute approximate surface area is 195 Å². The van der Waals surface area contributed by atoms with Gasteiger partial charge in [0.25, 0.3) is 5.91 Å². The molecule has 0 radical (unpaired) electrons. The zero-order chi connectivity index (χ0) is 24.8. The average molecular weight is 485 g/mol. The largest absolute Gasteiger partial charge is 0.455 e. The fourth-order valence-corrected chi connectivity index (χ4v) is 4.23. The molecule has 0 aliphatic rings. The van der Waals surface area contributed by atoms with Crippen LogP contribution in [0.1, 0.15) is 15.9 Å². The molecular formula is C25H22F2N2O4S. The number of furan rings is 1. The lowest BCUT2D eigenvalue weighted by molar-refractivity contribution is 0.0964. The molecule has 6 nitrogen and oxygen atoms in total. The summed E-state index contributed by atoms with van der Waals surface area (Å²) in [6, 6.07) is 13.2. The van der Waals surface area contributed by atoms with Crippen molar-refractivity contribution in [1.82, 2.24) is 5.32 Å². The molecule has 1 N–H and O–H groups in total. The molecule has 176 valence electrons. The Morgan fingerprint density at radius 1 is 1.00 bits per heavy atom. The first-order valence-electron chi connectivity index (χ1n) is 10.3. The van der Waals surface area contributed by atoms with E-state index in [0.717, 1.165) is 10.6 Å². The lowest BCUT2D eigenvalue weighted by Crippen LogP contribution is -2.25. The first kappa shape index (κ1) is 23.4. The van der Waals surface area contributed by atoms with Crippen LogP contribution in [0.3, 0.4) is 0 Å². The average Bonchev–Trinajstić information content (AvgIpc) is 3.17. The molecule has 0 atom stereocenters. The number of benzene rings is 3. The summed E-state index contributed by atoms with van der Waals surface area (Å²) >= 11 is 0. The summed E-state index contributed by atoms with van der Waals surface area (Å²) in [5.41, 5.74) is 2.44. The first-order chi connectivity index (χ1) is 16.0. The number of carbonyl (C=O) groups excluding carboxylic acids is 1. The van der Waals surface area contributed by atoms with Gasteiger partial charge in [0.05, 0.1) is 17.5 Å². The van der Waals surface area contributed by atoms with Crippen LogP contribution >= 0.6 is 0 Å². The van der Waals surface area contributed by atoms with Gasteiger partial charge in [-0.3, -0.25) is 9.10 Å². The normalized spacial score (nSPS) is 11.6. The zero-order valence-corrected chi connectivity index (χ0v) is 19.8. The van der Waals surface area contributed by atoms with Crippen molar-refractivity contribution in [2.24, 2.45) is 0 Å².